The van der Waals surface area contributed by atoms with E-state index in [0.717, 1.165) is 15.6 Å². The summed E-state index contributed by atoms with van der Waals surface area (Å²) in [5, 5.41) is 3.99. The molecule has 0 spiro atoms. The van der Waals surface area contributed by atoms with Crippen LogP contribution >= 0.6 is 0 Å². The molecule has 0 unspecified atom stereocenters. The molecule has 3 aromatic carbocycles. The molecule has 0 aliphatic heterocycles. The molecule has 214 valence electrons. The van der Waals surface area contributed by atoms with E-state index in [1.165, 1.54) is 38.6 Å². The van der Waals surface area contributed by atoms with Gasteiger partial charge in [-0.1, -0.05) is 13.8 Å². The first-order valence-electron chi connectivity index (χ1n) is 12.7. The van der Waals surface area contributed by atoms with Crippen molar-refractivity contribution in [1.29, 1.82) is 0 Å². The number of nitrogens with zero attached hydrogens (tertiary/aromatic N) is 2. The highest BCUT2D eigenvalue weighted by Crippen LogP contribution is 2.32. The quantitative estimate of drug-likeness (QED) is 0.225. The lowest BCUT2D eigenvalue weighted by Gasteiger charge is -2.24. The van der Waals surface area contributed by atoms with E-state index >= 15 is 0 Å². The molecule has 0 aliphatic rings. The van der Waals surface area contributed by atoms with Gasteiger partial charge in [0.05, 0.1) is 44.2 Å². The number of hydrazone groups is 1. The third-order valence-electron chi connectivity index (χ3n) is 5.53. The second kappa shape index (κ2) is 14.2. The van der Waals surface area contributed by atoms with Crippen molar-refractivity contribution >= 4 is 27.8 Å². The van der Waals surface area contributed by atoms with Gasteiger partial charge >= 0.3 is 0 Å². The second-order valence-corrected chi connectivity index (χ2v) is 10.9. The lowest BCUT2D eigenvalue weighted by atomic mass is 10.2. The van der Waals surface area contributed by atoms with E-state index in [4.69, 9.17) is 18.9 Å². The summed E-state index contributed by atoms with van der Waals surface area (Å²) < 4.78 is 50.1. The van der Waals surface area contributed by atoms with Gasteiger partial charge in [-0.15, -0.1) is 0 Å². The molecule has 0 saturated heterocycles. The highest BCUT2D eigenvalue weighted by molar-refractivity contribution is 7.92. The molecular weight excluding hydrogens is 534 g/mol. The van der Waals surface area contributed by atoms with Gasteiger partial charge in [0.1, 0.15) is 18.0 Å². The van der Waals surface area contributed by atoms with Crippen LogP contribution < -0.4 is 28.7 Å². The van der Waals surface area contributed by atoms with Gasteiger partial charge in [0.2, 0.25) is 0 Å². The average Bonchev–Trinajstić information content (AvgIpc) is 2.95. The molecule has 1 amide bonds. The van der Waals surface area contributed by atoms with Crippen molar-refractivity contribution in [3.63, 3.8) is 0 Å². The normalized spacial score (nSPS) is 11.3. The van der Waals surface area contributed by atoms with Crippen LogP contribution in [0.4, 0.5) is 5.69 Å². The first-order chi connectivity index (χ1) is 19.2. The summed E-state index contributed by atoms with van der Waals surface area (Å²) in [7, 11) is -1.33. The second-order valence-electron chi connectivity index (χ2n) is 9.02. The number of hydrogen-bond donors (Lipinski definition) is 1. The van der Waals surface area contributed by atoms with Gasteiger partial charge in [0, 0.05) is 6.07 Å². The third-order valence-corrected chi connectivity index (χ3v) is 7.30. The molecule has 0 atom stereocenters. The van der Waals surface area contributed by atoms with Crippen LogP contribution in [-0.4, -0.2) is 54.5 Å². The van der Waals surface area contributed by atoms with Crippen molar-refractivity contribution in [2.45, 2.75) is 25.7 Å². The molecule has 0 aliphatic carbocycles. The average molecular weight is 570 g/mol. The minimum Gasteiger partial charge on any atom is -0.494 e. The van der Waals surface area contributed by atoms with Gasteiger partial charge in [-0.05, 0) is 79.1 Å². The fourth-order valence-corrected chi connectivity index (χ4v) is 4.99. The maximum atomic E-state index is 13.7. The van der Waals surface area contributed by atoms with Gasteiger partial charge < -0.3 is 18.9 Å². The molecule has 0 saturated carbocycles. The van der Waals surface area contributed by atoms with Crippen molar-refractivity contribution in [2.24, 2.45) is 11.0 Å². The summed E-state index contributed by atoms with van der Waals surface area (Å²) in [6.45, 7) is 6.53. The number of amides is 1. The predicted octanol–water partition coefficient (Wildman–Crippen LogP) is 4.48. The topological polar surface area (TPSA) is 116 Å². The summed E-state index contributed by atoms with van der Waals surface area (Å²) in [6.07, 6.45) is 1.47. The van der Waals surface area contributed by atoms with E-state index in [0.29, 0.717) is 30.6 Å². The third kappa shape index (κ3) is 8.12. The number of anilines is 1. The minimum atomic E-state index is -4.20. The summed E-state index contributed by atoms with van der Waals surface area (Å²) in [6, 6.07) is 17.9. The zero-order valence-corrected chi connectivity index (χ0v) is 24.1. The van der Waals surface area contributed by atoms with E-state index in [-0.39, 0.29) is 16.3 Å². The lowest BCUT2D eigenvalue weighted by Crippen LogP contribution is -2.39. The van der Waals surface area contributed by atoms with Gasteiger partial charge in [0.15, 0.2) is 11.5 Å². The highest BCUT2D eigenvalue weighted by atomic mass is 32.2. The molecule has 11 heteroatoms. The summed E-state index contributed by atoms with van der Waals surface area (Å²) in [5.41, 5.74) is 3.41. The molecule has 1 N–H and O–H groups in total. The molecule has 0 aromatic heterocycles. The summed E-state index contributed by atoms with van der Waals surface area (Å²) in [5.74, 6) is 1.71. The number of hydrogen-bond acceptors (Lipinski definition) is 8. The molecule has 0 radical (unpaired) electrons. The van der Waals surface area contributed by atoms with E-state index < -0.39 is 22.5 Å². The predicted molar refractivity (Wildman–Crippen MR) is 154 cm³/mol. The van der Waals surface area contributed by atoms with Crippen LogP contribution in [0.3, 0.4) is 0 Å². The Labute approximate surface area is 235 Å². The Kier molecular flexibility index (Phi) is 10.8. The number of ether oxygens (including phenoxy) is 4. The number of sulfonamides is 1. The van der Waals surface area contributed by atoms with Crippen LogP contribution in [-0.2, 0) is 14.8 Å². The van der Waals surface area contributed by atoms with Crippen molar-refractivity contribution in [3.05, 3.63) is 72.3 Å². The molecule has 3 rings (SSSR count). The van der Waals surface area contributed by atoms with Gasteiger partial charge in [-0.3, -0.25) is 9.10 Å². The minimum absolute atomic E-state index is 0.0740. The molecule has 0 fully saturated rings. The number of carbonyl (C=O) groups is 1. The number of methoxy groups -OCH3 is 2. The number of rotatable bonds is 14. The van der Waals surface area contributed by atoms with Crippen molar-refractivity contribution in [1.82, 2.24) is 5.43 Å². The SMILES string of the molecule is CCOc1ccc(N(CC(=O)N/N=C\c2ccc(OCC(C)C)cc2)S(=O)(=O)c2ccc(OC)c(OC)c2)cc1. The molecule has 0 bridgehead atoms. The Hall–Kier alpha value is -4.25. The highest BCUT2D eigenvalue weighted by Gasteiger charge is 2.28. The molecule has 10 nitrogen and oxygen atoms in total. The van der Waals surface area contributed by atoms with Crippen LogP contribution in [0.25, 0.3) is 0 Å². The number of nitrogens with one attached hydrogen (secondary N) is 1. The van der Waals surface area contributed by atoms with Crippen LogP contribution in [0, 0.1) is 5.92 Å². The van der Waals surface area contributed by atoms with Crippen molar-refractivity contribution in [2.75, 3.05) is 38.3 Å². The van der Waals surface area contributed by atoms with E-state index in [9.17, 15) is 13.2 Å². The zero-order valence-electron chi connectivity index (χ0n) is 23.3. The van der Waals surface area contributed by atoms with E-state index in [1.54, 1.807) is 36.4 Å². The molecule has 40 heavy (non-hydrogen) atoms. The first kappa shape index (κ1) is 30.3. The monoisotopic (exact) mass is 569 g/mol. The summed E-state index contributed by atoms with van der Waals surface area (Å²) >= 11 is 0. The lowest BCUT2D eigenvalue weighted by molar-refractivity contribution is -0.119. The van der Waals surface area contributed by atoms with Crippen molar-refractivity contribution < 1.29 is 32.2 Å². The van der Waals surface area contributed by atoms with Gasteiger partial charge in [0.25, 0.3) is 15.9 Å². The fourth-order valence-electron chi connectivity index (χ4n) is 3.55. The number of carbonyl (C=O) groups excluding carboxylic acids is 1. The van der Waals surface area contributed by atoms with Crippen LogP contribution in [0.15, 0.2) is 76.7 Å². The smallest absolute Gasteiger partial charge is 0.264 e. The van der Waals surface area contributed by atoms with E-state index in [1.807, 2.05) is 19.1 Å². The Morgan fingerprint density at radius 1 is 0.925 bits per heavy atom. The largest absolute Gasteiger partial charge is 0.494 e. The fraction of sp³-hybridized carbons (Fsp3) is 0.310. The van der Waals surface area contributed by atoms with E-state index in [2.05, 4.69) is 24.4 Å². The zero-order chi connectivity index (χ0) is 29.1. The molecule has 0 heterocycles. The van der Waals surface area contributed by atoms with Crippen LogP contribution in [0.2, 0.25) is 0 Å². The van der Waals surface area contributed by atoms with Crippen molar-refractivity contribution in [3.8, 4) is 23.0 Å². The van der Waals surface area contributed by atoms with Crippen LogP contribution in [0.5, 0.6) is 23.0 Å². The summed E-state index contributed by atoms with van der Waals surface area (Å²) in [4.78, 5) is 12.8. The first-order valence-corrected chi connectivity index (χ1v) is 14.1. The Balaban J connectivity index is 1.81. The Bertz CT molecular complexity index is 1390. The van der Waals surface area contributed by atoms with Crippen LogP contribution in [0.1, 0.15) is 26.3 Å². The maximum absolute atomic E-state index is 13.7. The Morgan fingerprint density at radius 3 is 2.15 bits per heavy atom. The standard InChI is InChI=1S/C29H35N3O7S/c1-6-38-24-13-9-23(10-14-24)32(40(34,35)26-15-16-27(36-4)28(17-26)37-5)19-29(33)31-30-18-22-7-11-25(12-8-22)39-20-21(2)3/h7-18,21H,6,19-20H2,1-5H3,(H,31,33)/b30-18-. The number of benzene rings is 3. The molecular formula is C29H35N3O7S. The molecule has 3 aromatic rings. The van der Waals surface area contributed by atoms with Gasteiger partial charge in [-0.2, -0.15) is 5.10 Å². The Morgan fingerprint density at radius 2 is 1.55 bits per heavy atom. The maximum Gasteiger partial charge on any atom is 0.264 e. The van der Waals surface area contributed by atoms with Gasteiger partial charge in [-0.25, -0.2) is 13.8 Å².